The quantitative estimate of drug-likeness (QED) is 0.0536. The Morgan fingerprint density at radius 3 is 1.32 bits per heavy atom. The molecular weight excluding hydrogens is 634 g/mol. The average molecular weight is 680 g/mol. The van der Waals surface area contributed by atoms with Crippen LogP contribution in [0.5, 0.6) is 0 Å². The molecule has 0 aliphatic carbocycles. The molecule has 0 aromatic carbocycles. The van der Waals surface area contributed by atoms with E-state index in [4.69, 9.17) is 15.9 Å². The molecule has 14 N–H and O–H groups in total. The summed E-state index contributed by atoms with van der Waals surface area (Å²) in [5.41, 5.74) is 5.44. The van der Waals surface area contributed by atoms with E-state index in [-0.39, 0.29) is 12.3 Å². The first-order valence-corrected chi connectivity index (χ1v) is 14.3. The predicted octanol–water partition coefficient (Wildman–Crippen LogP) is -6.79. The minimum atomic E-state index is -1.84. The Hall–Kier alpha value is -4.44. The van der Waals surface area contributed by atoms with Crippen LogP contribution in [0.1, 0.15) is 40.5 Å². The molecule has 0 fully saturated rings. The zero-order valence-corrected chi connectivity index (χ0v) is 26.3. The number of carboxylic acid groups (broad SMARTS) is 2. The van der Waals surface area contributed by atoms with E-state index in [2.05, 4.69) is 26.6 Å². The highest BCUT2D eigenvalue weighted by Gasteiger charge is 2.34. The smallest absolute Gasteiger partial charge is 0.328 e. The molecule has 0 saturated carbocycles. The molecule has 0 aromatic rings. The summed E-state index contributed by atoms with van der Waals surface area (Å²) in [6.07, 6.45) is -2.58. The number of hydrogen-bond acceptors (Lipinski definition) is 13. The van der Waals surface area contributed by atoms with Crippen LogP contribution in [-0.4, -0.2) is 146 Å². The third-order valence-electron chi connectivity index (χ3n) is 6.26. The van der Waals surface area contributed by atoms with E-state index in [0.29, 0.717) is 0 Å². The summed E-state index contributed by atoms with van der Waals surface area (Å²) in [5.74, 6) is -10.1. The van der Waals surface area contributed by atoms with Crippen molar-refractivity contribution in [3.05, 3.63) is 0 Å². The van der Waals surface area contributed by atoms with Gasteiger partial charge in [-0.3, -0.25) is 33.6 Å². The van der Waals surface area contributed by atoms with Crippen LogP contribution in [0.25, 0.3) is 0 Å². The molecule has 21 heteroatoms. The Bertz CT molecular complexity index is 1130. The van der Waals surface area contributed by atoms with E-state index in [9.17, 15) is 58.8 Å². The number of aliphatic carboxylic acids is 2. The lowest BCUT2D eigenvalue weighted by Gasteiger charge is -2.27. The van der Waals surface area contributed by atoms with Gasteiger partial charge in [0, 0.05) is 0 Å². The van der Waals surface area contributed by atoms with Gasteiger partial charge < -0.3 is 68.3 Å². The van der Waals surface area contributed by atoms with Crippen LogP contribution in [0.2, 0.25) is 0 Å². The molecule has 0 aliphatic rings. The van der Waals surface area contributed by atoms with Crippen LogP contribution in [-0.2, 0) is 38.4 Å². The maximum absolute atomic E-state index is 13.1. The van der Waals surface area contributed by atoms with Gasteiger partial charge in [-0.15, -0.1) is 0 Å². The van der Waals surface area contributed by atoms with Crippen molar-refractivity contribution in [2.45, 2.75) is 88.9 Å². The van der Waals surface area contributed by atoms with Gasteiger partial charge in [0.1, 0.15) is 36.3 Å². The number of carbonyl (C=O) groups is 8. The van der Waals surface area contributed by atoms with Crippen molar-refractivity contribution in [3.63, 3.8) is 0 Å². The Balaban J connectivity index is 5.81. The van der Waals surface area contributed by atoms with E-state index in [0.717, 1.165) is 6.92 Å². The lowest BCUT2D eigenvalue weighted by molar-refractivity contribution is -0.144. The minimum Gasteiger partial charge on any atom is -0.481 e. The maximum atomic E-state index is 13.1. The predicted molar refractivity (Wildman–Crippen MR) is 158 cm³/mol. The van der Waals surface area contributed by atoms with Gasteiger partial charge in [0.05, 0.1) is 38.4 Å². The van der Waals surface area contributed by atoms with Crippen LogP contribution in [0, 0.1) is 5.92 Å². The molecular formula is C26H45N7O14. The Morgan fingerprint density at radius 2 is 0.936 bits per heavy atom. The Labute approximate surface area is 269 Å². The molecule has 47 heavy (non-hydrogen) atoms. The highest BCUT2D eigenvalue weighted by Crippen LogP contribution is 2.07. The summed E-state index contributed by atoms with van der Waals surface area (Å²) in [5, 5.41) is 69.3. The van der Waals surface area contributed by atoms with Crippen molar-refractivity contribution in [3.8, 4) is 0 Å². The van der Waals surface area contributed by atoms with E-state index in [1.807, 2.05) is 5.32 Å². The van der Waals surface area contributed by atoms with Crippen molar-refractivity contribution in [1.29, 1.82) is 0 Å². The molecule has 0 saturated heterocycles. The first-order chi connectivity index (χ1) is 21.8. The number of nitrogens with two attached hydrogens (primary N) is 1. The van der Waals surface area contributed by atoms with Crippen molar-refractivity contribution >= 4 is 47.4 Å². The van der Waals surface area contributed by atoms with Crippen LogP contribution >= 0.6 is 0 Å². The summed E-state index contributed by atoms with van der Waals surface area (Å²) in [7, 11) is 0. The molecule has 6 amide bonds. The third-order valence-corrected chi connectivity index (χ3v) is 6.26. The Kier molecular flexibility index (Phi) is 18.7. The van der Waals surface area contributed by atoms with Crippen molar-refractivity contribution in [2.75, 3.05) is 19.8 Å². The second kappa shape index (κ2) is 20.6. The molecule has 0 spiro atoms. The Morgan fingerprint density at radius 1 is 0.553 bits per heavy atom. The number of carbonyl (C=O) groups excluding carboxylic acids is 6. The highest BCUT2D eigenvalue weighted by molar-refractivity contribution is 5.97. The second-order valence-electron chi connectivity index (χ2n) is 10.9. The molecule has 21 nitrogen and oxygen atoms in total. The number of carboxylic acids is 2. The number of aliphatic hydroxyl groups excluding tert-OH is 4. The highest BCUT2D eigenvalue weighted by atomic mass is 16.4. The monoisotopic (exact) mass is 679 g/mol. The van der Waals surface area contributed by atoms with Crippen LogP contribution in [0.4, 0.5) is 0 Å². The van der Waals surface area contributed by atoms with E-state index in [1.54, 1.807) is 13.8 Å². The molecule has 0 unspecified atom stereocenters. The van der Waals surface area contributed by atoms with Crippen LogP contribution in [0.3, 0.4) is 0 Å². The number of aliphatic hydroxyl groups is 4. The SMILES string of the molecule is CC(C)C[C@H](NC(=O)[C@H](CO)NC(=O)[C@H](CO)NC(=O)[C@@H](NC(=O)[C@H](C)N)[C@@H](C)O)C(=O)N[C@@H](CC(=O)O)C(=O)N[C@@H](CO)C(=O)O. The van der Waals surface area contributed by atoms with Crippen LogP contribution < -0.4 is 37.6 Å². The zero-order chi connectivity index (χ0) is 36.6. The van der Waals surface area contributed by atoms with Gasteiger partial charge >= 0.3 is 11.9 Å². The fraction of sp³-hybridized carbons (Fsp3) is 0.692. The fourth-order valence-corrected chi connectivity index (χ4v) is 3.70. The molecule has 0 rings (SSSR count). The molecule has 268 valence electrons. The summed E-state index contributed by atoms with van der Waals surface area (Å²) in [6, 6.07) is -11.3. The zero-order valence-electron chi connectivity index (χ0n) is 26.3. The average Bonchev–Trinajstić information content (AvgIpc) is 2.97. The number of nitrogens with one attached hydrogen (secondary N) is 6. The van der Waals surface area contributed by atoms with Gasteiger partial charge in [0.15, 0.2) is 0 Å². The summed E-state index contributed by atoms with van der Waals surface area (Å²) in [4.78, 5) is 98.4. The topological polar surface area (TPSA) is 356 Å². The summed E-state index contributed by atoms with van der Waals surface area (Å²) < 4.78 is 0. The lowest BCUT2D eigenvalue weighted by Crippen LogP contribution is -2.62. The number of hydrogen-bond donors (Lipinski definition) is 13. The van der Waals surface area contributed by atoms with Crippen molar-refractivity contribution in [1.82, 2.24) is 31.9 Å². The van der Waals surface area contributed by atoms with E-state index >= 15 is 0 Å². The van der Waals surface area contributed by atoms with Crippen LogP contribution in [0.15, 0.2) is 0 Å². The summed E-state index contributed by atoms with van der Waals surface area (Å²) >= 11 is 0. The van der Waals surface area contributed by atoms with Gasteiger partial charge in [0.2, 0.25) is 35.4 Å². The lowest BCUT2D eigenvalue weighted by atomic mass is 10.0. The number of rotatable bonds is 21. The minimum absolute atomic E-state index is 0.108. The molecule has 0 bridgehead atoms. The van der Waals surface area contributed by atoms with E-state index in [1.165, 1.54) is 6.92 Å². The first-order valence-electron chi connectivity index (χ1n) is 14.3. The fourth-order valence-electron chi connectivity index (χ4n) is 3.70. The standard InChI is InChI=1S/C26H45N7O14/c1-10(2)5-13(21(41)29-14(6-18(38)39)22(42)32-17(9-36)26(46)47)28-23(43)15(7-34)30-24(44)16(8-35)31-25(45)19(12(4)37)33-20(40)11(3)27/h10-17,19,34-37H,5-9,27H2,1-4H3,(H,28,43)(H,29,41)(H,30,44)(H,31,45)(H,32,42)(H,33,40)(H,38,39)(H,46,47)/t11-,12+,13-,14-,15-,16-,17-,19-/m0/s1. The summed E-state index contributed by atoms with van der Waals surface area (Å²) in [6.45, 7) is 2.63. The number of amides is 6. The van der Waals surface area contributed by atoms with Gasteiger partial charge in [-0.1, -0.05) is 13.8 Å². The second-order valence-corrected chi connectivity index (χ2v) is 10.9. The maximum Gasteiger partial charge on any atom is 0.328 e. The largest absolute Gasteiger partial charge is 0.481 e. The molecule has 0 aliphatic heterocycles. The molecule has 0 aromatic heterocycles. The molecule has 8 atom stereocenters. The van der Waals surface area contributed by atoms with E-state index < -0.39 is 122 Å². The molecule has 0 radical (unpaired) electrons. The first kappa shape index (κ1) is 42.6. The van der Waals surface area contributed by atoms with Crippen molar-refractivity contribution in [2.24, 2.45) is 11.7 Å². The van der Waals surface area contributed by atoms with Gasteiger partial charge in [-0.2, -0.15) is 0 Å². The van der Waals surface area contributed by atoms with Gasteiger partial charge in [-0.05, 0) is 26.2 Å². The van der Waals surface area contributed by atoms with Crippen molar-refractivity contribution < 1.29 is 69.0 Å². The third kappa shape index (κ3) is 15.1. The molecule has 0 heterocycles. The van der Waals surface area contributed by atoms with Gasteiger partial charge in [0.25, 0.3) is 0 Å². The normalized spacial score (nSPS) is 16.1. The van der Waals surface area contributed by atoms with Gasteiger partial charge in [-0.25, -0.2) is 4.79 Å².